The summed E-state index contributed by atoms with van der Waals surface area (Å²) in [7, 11) is 0. The van der Waals surface area contributed by atoms with Crippen LogP contribution in [0.25, 0.3) is 0 Å². The van der Waals surface area contributed by atoms with E-state index in [2.05, 4.69) is 31.1 Å². The maximum atomic E-state index is 4.20. The molecule has 2 nitrogen and oxygen atoms in total. The van der Waals surface area contributed by atoms with E-state index < -0.39 is 0 Å². The van der Waals surface area contributed by atoms with Gasteiger partial charge in [0.25, 0.3) is 0 Å². The number of thiazole rings is 1. The molecule has 0 amide bonds. The minimum atomic E-state index is 0.225. The van der Waals surface area contributed by atoms with E-state index in [1.54, 1.807) is 11.3 Å². The Bertz CT molecular complexity index is 332. The fourth-order valence-corrected chi connectivity index (χ4v) is 3.46. The minimum absolute atomic E-state index is 0.225. The van der Waals surface area contributed by atoms with Gasteiger partial charge in [-0.3, -0.25) is 4.98 Å². The Morgan fingerprint density at radius 3 is 2.59 bits per heavy atom. The van der Waals surface area contributed by atoms with Gasteiger partial charge in [-0.2, -0.15) is 0 Å². The molecule has 1 saturated carbocycles. The molecular weight excluding hydrogens is 228 g/mol. The van der Waals surface area contributed by atoms with Crippen molar-refractivity contribution in [2.75, 3.05) is 6.54 Å². The SMILES string of the molecule is CC(C)(C)NCC1(Cc2cncs2)CCCC1. The fourth-order valence-electron chi connectivity index (χ4n) is 2.69. The summed E-state index contributed by atoms with van der Waals surface area (Å²) in [5.41, 5.74) is 2.66. The van der Waals surface area contributed by atoms with Crippen molar-refractivity contribution in [2.24, 2.45) is 5.41 Å². The molecule has 1 aromatic rings. The average Bonchev–Trinajstić information content (AvgIpc) is 2.87. The van der Waals surface area contributed by atoms with Gasteiger partial charge in [0, 0.05) is 23.2 Å². The van der Waals surface area contributed by atoms with Crippen molar-refractivity contribution < 1.29 is 0 Å². The third-order valence-corrected chi connectivity index (χ3v) is 4.47. The van der Waals surface area contributed by atoms with E-state index in [4.69, 9.17) is 0 Å². The lowest BCUT2D eigenvalue weighted by Crippen LogP contribution is -2.43. The van der Waals surface area contributed by atoms with Crippen molar-refractivity contribution in [3.05, 3.63) is 16.6 Å². The van der Waals surface area contributed by atoms with Crippen LogP contribution in [0.5, 0.6) is 0 Å². The number of hydrogen-bond acceptors (Lipinski definition) is 3. The number of hydrogen-bond donors (Lipinski definition) is 1. The molecule has 0 aliphatic heterocycles. The summed E-state index contributed by atoms with van der Waals surface area (Å²) in [6, 6.07) is 0. The molecule has 0 saturated heterocycles. The molecular formula is C14H24N2S. The van der Waals surface area contributed by atoms with Crippen LogP contribution in [0.1, 0.15) is 51.3 Å². The van der Waals surface area contributed by atoms with Crippen LogP contribution in [0.2, 0.25) is 0 Å². The summed E-state index contributed by atoms with van der Waals surface area (Å²) < 4.78 is 0. The van der Waals surface area contributed by atoms with Gasteiger partial charge in [-0.05, 0) is 45.4 Å². The molecule has 1 aromatic heterocycles. The molecule has 0 atom stereocenters. The van der Waals surface area contributed by atoms with Crippen LogP contribution in [-0.4, -0.2) is 17.1 Å². The Morgan fingerprint density at radius 2 is 2.06 bits per heavy atom. The molecule has 1 N–H and O–H groups in total. The van der Waals surface area contributed by atoms with Crippen molar-refractivity contribution >= 4 is 11.3 Å². The van der Waals surface area contributed by atoms with Gasteiger partial charge < -0.3 is 5.32 Å². The standard InChI is InChI=1S/C14H24N2S/c1-13(2,3)16-10-14(6-4-5-7-14)8-12-9-15-11-17-12/h9,11,16H,4-8,10H2,1-3H3. The normalized spacial score (nSPS) is 19.7. The molecule has 0 bridgehead atoms. The van der Waals surface area contributed by atoms with Crippen LogP contribution in [0.4, 0.5) is 0 Å². The molecule has 0 unspecified atom stereocenters. The lowest BCUT2D eigenvalue weighted by atomic mass is 9.81. The van der Waals surface area contributed by atoms with Crippen LogP contribution in [-0.2, 0) is 6.42 Å². The summed E-state index contributed by atoms with van der Waals surface area (Å²) in [5.74, 6) is 0. The zero-order chi connectivity index (χ0) is 12.4. The molecule has 2 rings (SSSR count). The third kappa shape index (κ3) is 3.78. The Morgan fingerprint density at radius 1 is 1.35 bits per heavy atom. The molecule has 0 spiro atoms. The van der Waals surface area contributed by atoms with Gasteiger partial charge >= 0.3 is 0 Å². The maximum absolute atomic E-state index is 4.20. The van der Waals surface area contributed by atoms with E-state index in [9.17, 15) is 0 Å². The zero-order valence-corrected chi connectivity index (χ0v) is 12.1. The largest absolute Gasteiger partial charge is 0.312 e. The van der Waals surface area contributed by atoms with E-state index in [0.29, 0.717) is 5.41 Å². The van der Waals surface area contributed by atoms with E-state index >= 15 is 0 Å². The van der Waals surface area contributed by atoms with E-state index in [0.717, 1.165) is 6.54 Å². The summed E-state index contributed by atoms with van der Waals surface area (Å²) in [5, 5.41) is 3.70. The topological polar surface area (TPSA) is 24.9 Å². The van der Waals surface area contributed by atoms with E-state index in [1.165, 1.54) is 37.0 Å². The second-order valence-corrected chi connectivity index (χ2v) is 7.43. The summed E-state index contributed by atoms with van der Waals surface area (Å²) in [6.45, 7) is 7.90. The van der Waals surface area contributed by atoms with Crippen molar-refractivity contribution in [1.82, 2.24) is 10.3 Å². The molecule has 1 aliphatic carbocycles. The van der Waals surface area contributed by atoms with Crippen molar-refractivity contribution in [1.29, 1.82) is 0 Å². The number of aromatic nitrogens is 1. The first kappa shape index (κ1) is 13.0. The molecule has 1 fully saturated rings. The van der Waals surface area contributed by atoms with E-state index in [1.807, 2.05) is 11.7 Å². The first-order valence-corrected chi connectivity index (χ1v) is 7.50. The minimum Gasteiger partial charge on any atom is -0.312 e. The highest BCUT2D eigenvalue weighted by Crippen LogP contribution is 2.41. The van der Waals surface area contributed by atoms with Crippen LogP contribution in [0, 0.1) is 5.41 Å². The lowest BCUT2D eigenvalue weighted by molar-refractivity contribution is 0.246. The first-order chi connectivity index (χ1) is 7.99. The number of nitrogens with zero attached hydrogens (tertiary/aromatic N) is 1. The highest BCUT2D eigenvalue weighted by molar-refractivity contribution is 7.09. The Kier molecular flexibility index (Phi) is 3.88. The van der Waals surface area contributed by atoms with Crippen molar-refractivity contribution in [2.45, 2.75) is 58.4 Å². The predicted molar refractivity (Wildman–Crippen MR) is 74.5 cm³/mol. The molecule has 1 heterocycles. The highest BCUT2D eigenvalue weighted by Gasteiger charge is 2.35. The Labute approximate surface area is 109 Å². The Hall–Kier alpha value is -0.410. The van der Waals surface area contributed by atoms with Gasteiger partial charge in [-0.15, -0.1) is 11.3 Å². The highest BCUT2D eigenvalue weighted by atomic mass is 32.1. The molecule has 3 heteroatoms. The predicted octanol–water partition coefficient (Wildman–Crippen LogP) is 3.63. The molecule has 1 aliphatic rings. The number of nitrogens with one attached hydrogen (secondary N) is 1. The van der Waals surface area contributed by atoms with Gasteiger partial charge in [0.2, 0.25) is 0 Å². The molecule has 0 aromatic carbocycles. The first-order valence-electron chi connectivity index (χ1n) is 6.62. The van der Waals surface area contributed by atoms with Crippen molar-refractivity contribution in [3.8, 4) is 0 Å². The maximum Gasteiger partial charge on any atom is 0.0794 e. The summed E-state index contributed by atoms with van der Waals surface area (Å²) in [4.78, 5) is 5.65. The summed E-state index contributed by atoms with van der Waals surface area (Å²) in [6.07, 6.45) is 8.78. The third-order valence-electron chi connectivity index (χ3n) is 3.69. The smallest absolute Gasteiger partial charge is 0.0794 e. The van der Waals surface area contributed by atoms with Crippen LogP contribution in [0.15, 0.2) is 11.7 Å². The number of rotatable bonds is 4. The van der Waals surface area contributed by atoms with Gasteiger partial charge in [-0.25, -0.2) is 0 Å². The lowest BCUT2D eigenvalue weighted by Gasteiger charge is -2.33. The van der Waals surface area contributed by atoms with Gasteiger partial charge in [0.1, 0.15) is 0 Å². The second-order valence-electron chi connectivity index (χ2n) is 6.46. The Balaban J connectivity index is 1.99. The van der Waals surface area contributed by atoms with Crippen LogP contribution >= 0.6 is 11.3 Å². The van der Waals surface area contributed by atoms with Crippen molar-refractivity contribution in [3.63, 3.8) is 0 Å². The van der Waals surface area contributed by atoms with Gasteiger partial charge in [-0.1, -0.05) is 12.8 Å². The second kappa shape index (κ2) is 5.07. The zero-order valence-electron chi connectivity index (χ0n) is 11.3. The summed E-state index contributed by atoms with van der Waals surface area (Å²) >= 11 is 1.80. The fraction of sp³-hybridized carbons (Fsp3) is 0.786. The van der Waals surface area contributed by atoms with Crippen LogP contribution in [0.3, 0.4) is 0 Å². The monoisotopic (exact) mass is 252 g/mol. The molecule has 17 heavy (non-hydrogen) atoms. The quantitative estimate of drug-likeness (QED) is 0.885. The average molecular weight is 252 g/mol. The van der Waals surface area contributed by atoms with Gasteiger partial charge in [0.15, 0.2) is 0 Å². The molecule has 96 valence electrons. The van der Waals surface area contributed by atoms with Crippen LogP contribution < -0.4 is 5.32 Å². The van der Waals surface area contributed by atoms with Gasteiger partial charge in [0.05, 0.1) is 5.51 Å². The van der Waals surface area contributed by atoms with E-state index in [-0.39, 0.29) is 5.54 Å². The molecule has 0 radical (unpaired) electrons.